The van der Waals surface area contributed by atoms with Crippen LogP contribution in [0.15, 0.2) is 36.5 Å². The predicted molar refractivity (Wildman–Crippen MR) is 102 cm³/mol. The number of pyridine rings is 1. The molecule has 1 atom stereocenters. The number of likely N-dealkylation sites (tertiary alicyclic amines) is 1. The van der Waals surface area contributed by atoms with Gasteiger partial charge in [0.05, 0.1) is 5.02 Å². The number of amides is 1. The number of aromatic nitrogens is 1. The van der Waals surface area contributed by atoms with E-state index in [0.717, 1.165) is 23.8 Å². The Labute approximate surface area is 171 Å². The summed E-state index contributed by atoms with van der Waals surface area (Å²) in [5.74, 6) is -1.94. The molecule has 0 radical (unpaired) electrons. The summed E-state index contributed by atoms with van der Waals surface area (Å²) >= 11 is 5.69. The number of nitrogens with zero attached hydrogens (tertiary/aromatic N) is 2. The van der Waals surface area contributed by atoms with E-state index in [2.05, 4.69) is 4.98 Å². The fourth-order valence-corrected chi connectivity index (χ4v) is 2.84. The van der Waals surface area contributed by atoms with Crippen LogP contribution in [0.3, 0.4) is 0 Å². The van der Waals surface area contributed by atoms with Crippen molar-refractivity contribution in [3.05, 3.63) is 64.2 Å². The summed E-state index contributed by atoms with van der Waals surface area (Å²) in [5, 5.41) is -0.408. The van der Waals surface area contributed by atoms with E-state index in [-0.39, 0.29) is 18.4 Å². The minimum Gasteiger partial charge on any atom is -0.338 e. The van der Waals surface area contributed by atoms with Crippen LogP contribution in [0.1, 0.15) is 55.4 Å². The summed E-state index contributed by atoms with van der Waals surface area (Å²) in [6.07, 6.45) is -5.04. The van der Waals surface area contributed by atoms with Crippen LogP contribution in [-0.2, 0) is 6.42 Å². The lowest BCUT2D eigenvalue weighted by molar-refractivity contribution is 0.0389. The molecule has 0 saturated carbocycles. The zero-order valence-electron chi connectivity index (χ0n) is 20.7. The molecule has 0 aliphatic carbocycles. The average Bonchev–Trinajstić information content (AvgIpc) is 2.73. The number of benzene rings is 1. The van der Waals surface area contributed by atoms with Gasteiger partial charge in [-0.1, -0.05) is 17.7 Å². The van der Waals surface area contributed by atoms with E-state index in [1.807, 2.05) is 13.0 Å². The highest BCUT2D eigenvalue weighted by Crippen LogP contribution is 2.32. The molecule has 0 bridgehead atoms. The minimum atomic E-state index is -3.40. The summed E-state index contributed by atoms with van der Waals surface area (Å²) in [4.78, 5) is 17.4. The Morgan fingerprint density at radius 3 is 2.89 bits per heavy atom. The van der Waals surface area contributed by atoms with Crippen molar-refractivity contribution in [1.29, 1.82) is 0 Å². The molecular formula is C21H23ClF2N2O. The van der Waals surface area contributed by atoms with Gasteiger partial charge in [-0.05, 0) is 68.8 Å². The molecule has 3 nitrogen and oxygen atoms in total. The van der Waals surface area contributed by atoms with Gasteiger partial charge in [-0.2, -0.15) is 0 Å². The third-order valence-corrected chi connectivity index (χ3v) is 4.53. The third kappa shape index (κ3) is 5.04. The second-order valence-electron chi connectivity index (χ2n) is 6.42. The molecule has 1 amide bonds. The number of hydrogen-bond acceptors (Lipinski definition) is 2. The van der Waals surface area contributed by atoms with Crippen LogP contribution >= 0.6 is 11.6 Å². The van der Waals surface area contributed by atoms with Crippen LogP contribution in [0.2, 0.25) is 5.02 Å². The summed E-state index contributed by atoms with van der Waals surface area (Å²) in [5.41, 5.74) is -1.95. The lowest BCUT2D eigenvalue weighted by atomic mass is 9.87. The first-order valence-electron chi connectivity index (χ1n) is 11.5. The molecule has 2 aromatic rings. The number of carbonyl (C=O) groups is 1. The van der Waals surface area contributed by atoms with E-state index in [9.17, 15) is 9.18 Å². The smallest absolute Gasteiger partial charge is 0.253 e. The van der Waals surface area contributed by atoms with Gasteiger partial charge < -0.3 is 4.90 Å². The summed E-state index contributed by atoms with van der Waals surface area (Å²) in [7, 11) is 0. The number of carbonyl (C=O) groups excluding carboxylic acids is 1. The first kappa shape index (κ1) is 13.2. The molecule has 1 unspecified atom stereocenters. The first-order chi connectivity index (χ1) is 15.1. The maximum absolute atomic E-state index is 16.1. The van der Waals surface area contributed by atoms with Crippen molar-refractivity contribution in [2.75, 3.05) is 13.0 Å². The van der Waals surface area contributed by atoms with Crippen LogP contribution in [0.5, 0.6) is 0 Å². The van der Waals surface area contributed by atoms with Crippen LogP contribution in [0, 0.1) is 12.7 Å². The molecule has 1 aromatic heterocycles. The minimum absolute atomic E-state index is 0.0170. The van der Waals surface area contributed by atoms with Gasteiger partial charge in [-0.15, -0.1) is 0 Å². The van der Waals surface area contributed by atoms with Gasteiger partial charge in [0.15, 0.2) is 0 Å². The number of aryl methyl sites for hydroxylation is 2. The summed E-state index contributed by atoms with van der Waals surface area (Å²) < 4.78 is 79.3. The molecule has 1 aromatic carbocycles. The van der Waals surface area contributed by atoms with E-state index in [1.165, 1.54) is 0 Å². The van der Waals surface area contributed by atoms with E-state index in [1.54, 1.807) is 12.3 Å². The van der Waals surface area contributed by atoms with Gasteiger partial charge in [0, 0.05) is 38.7 Å². The Hall–Kier alpha value is -2.01. The van der Waals surface area contributed by atoms with Crippen molar-refractivity contribution in [3.8, 4) is 0 Å². The van der Waals surface area contributed by atoms with Gasteiger partial charge >= 0.3 is 0 Å². The molecule has 0 N–H and O–H groups in total. The highest BCUT2D eigenvalue weighted by molar-refractivity contribution is 6.31. The number of halogens is 3. The van der Waals surface area contributed by atoms with Crippen molar-refractivity contribution >= 4 is 17.5 Å². The largest absolute Gasteiger partial charge is 0.338 e. The van der Waals surface area contributed by atoms with E-state index in [4.69, 9.17) is 19.8 Å². The molecular weight excluding hydrogens is 370 g/mol. The average molecular weight is 399 g/mol. The highest BCUT2D eigenvalue weighted by atomic mass is 35.5. The second kappa shape index (κ2) is 8.34. The Balaban J connectivity index is 1.89. The monoisotopic (exact) mass is 398 g/mol. The number of rotatable bonds is 5. The van der Waals surface area contributed by atoms with Crippen LogP contribution in [0.4, 0.5) is 8.78 Å². The number of alkyl halides is 1. The Bertz CT molecular complexity index is 1050. The first-order valence-corrected chi connectivity index (χ1v) is 8.89. The molecule has 27 heavy (non-hydrogen) atoms. The molecule has 144 valence electrons. The normalized spacial score (nSPS) is 28.8. The van der Waals surface area contributed by atoms with Gasteiger partial charge in [0.1, 0.15) is 11.5 Å². The molecule has 3 rings (SSSR count). The lowest BCUT2D eigenvalue weighted by Crippen LogP contribution is -2.44. The maximum atomic E-state index is 16.1. The predicted octanol–water partition coefficient (Wildman–Crippen LogP) is 5.15. The molecule has 1 saturated heterocycles. The Morgan fingerprint density at radius 2 is 2.19 bits per heavy atom. The second-order valence-corrected chi connectivity index (χ2v) is 6.82. The van der Waals surface area contributed by atoms with Crippen molar-refractivity contribution in [3.63, 3.8) is 0 Å². The molecule has 0 spiro atoms. The third-order valence-electron chi connectivity index (χ3n) is 4.24. The van der Waals surface area contributed by atoms with E-state index < -0.39 is 54.6 Å². The van der Waals surface area contributed by atoms with Crippen LogP contribution in [-0.4, -0.2) is 34.5 Å². The van der Waals surface area contributed by atoms with Crippen molar-refractivity contribution in [2.45, 2.75) is 44.6 Å². The van der Waals surface area contributed by atoms with E-state index in [0.29, 0.717) is 10.6 Å². The lowest BCUT2D eigenvalue weighted by Gasteiger charge is -2.36. The zero-order chi connectivity index (χ0) is 24.8. The van der Waals surface area contributed by atoms with Gasteiger partial charge in [-0.25, -0.2) is 8.78 Å². The van der Waals surface area contributed by atoms with Crippen molar-refractivity contribution in [2.24, 2.45) is 0 Å². The molecule has 1 aliphatic heterocycles. The highest BCUT2D eigenvalue weighted by Gasteiger charge is 2.35. The van der Waals surface area contributed by atoms with Crippen molar-refractivity contribution < 1.29 is 21.8 Å². The van der Waals surface area contributed by atoms with E-state index >= 15 is 4.39 Å². The SMILES string of the molecule is [2H]C1([2H])CN(C(=O)c2ccc(F)c(Cl)c2)C([2H])([2H])C([2H])([2H])C1(F)CCCc1ccc(C)cn1. The van der Waals surface area contributed by atoms with Gasteiger partial charge in [-0.3, -0.25) is 9.78 Å². The molecule has 1 fully saturated rings. The van der Waals surface area contributed by atoms with Crippen LogP contribution in [0.25, 0.3) is 0 Å². The van der Waals surface area contributed by atoms with Gasteiger partial charge in [0.25, 0.3) is 5.91 Å². The Kier molecular flexibility index (Phi) is 4.08. The zero-order valence-corrected chi connectivity index (χ0v) is 15.5. The van der Waals surface area contributed by atoms with Crippen molar-refractivity contribution in [1.82, 2.24) is 9.88 Å². The fraction of sp³-hybridized carbons (Fsp3) is 0.429. The molecule has 2 heterocycles. The summed E-state index contributed by atoms with van der Waals surface area (Å²) in [6.45, 7) is -2.38. The Morgan fingerprint density at radius 1 is 1.37 bits per heavy atom. The number of piperidine rings is 1. The topological polar surface area (TPSA) is 33.2 Å². The fourth-order valence-electron chi connectivity index (χ4n) is 2.66. The quantitative estimate of drug-likeness (QED) is 0.697. The maximum Gasteiger partial charge on any atom is 0.253 e. The molecule has 1 aliphatic rings. The summed E-state index contributed by atoms with van der Waals surface area (Å²) in [6, 6.07) is 6.40. The number of hydrogen-bond donors (Lipinski definition) is 0. The molecule has 6 heteroatoms. The van der Waals surface area contributed by atoms with Gasteiger partial charge in [0.2, 0.25) is 0 Å². The standard InChI is InChI=1S/C21H23ClF2N2O/c1-15-4-6-17(25-14-15)3-2-8-21(24)9-11-26(12-10-21)20(27)16-5-7-19(23)18(22)13-16/h4-7,13-14H,2-3,8-12H2,1H3/i9D2,10D2,11D2. The van der Waals surface area contributed by atoms with Crippen LogP contribution < -0.4 is 0 Å².